The van der Waals surface area contributed by atoms with Crippen molar-refractivity contribution in [1.29, 1.82) is 0 Å². The van der Waals surface area contributed by atoms with Crippen LogP contribution in [0.1, 0.15) is 22.7 Å². The molecule has 0 bridgehead atoms. The molecule has 0 aliphatic carbocycles. The predicted molar refractivity (Wildman–Crippen MR) is 82.6 cm³/mol. The van der Waals surface area contributed by atoms with Crippen molar-refractivity contribution < 1.29 is 27.1 Å². The van der Waals surface area contributed by atoms with E-state index < -0.39 is 18.2 Å². The van der Waals surface area contributed by atoms with E-state index in [0.717, 1.165) is 5.56 Å². The molecule has 3 rings (SSSR count). The topological polar surface area (TPSA) is 29.5 Å². The summed E-state index contributed by atoms with van der Waals surface area (Å²) < 4.78 is 54.0. The third-order valence-corrected chi connectivity index (χ3v) is 4.34. The Hall–Kier alpha value is -2.12. The van der Waals surface area contributed by atoms with Crippen molar-refractivity contribution in [1.82, 2.24) is 4.90 Å². The van der Waals surface area contributed by atoms with Crippen LogP contribution < -0.4 is 4.74 Å². The zero-order valence-electron chi connectivity index (χ0n) is 12.7. The van der Waals surface area contributed by atoms with Crippen molar-refractivity contribution >= 4 is 17.9 Å². The number of alkyl halides is 3. The van der Waals surface area contributed by atoms with Gasteiger partial charge in [0.2, 0.25) is 0 Å². The number of nitrogens with zero attached hydrogens (tertiary/aromatic N) is 1. The zero-order chi connectivity index (χ0) is 18.2. The summed E-state index contributed by atoms with van der Waals surface area (Å²) in [6.45, 7) is 0.682. The van der Waals surface area contributed by atoms with Gasteiger partial charge in [-0.05, 0) is 29.3 Å². The van der Waals surface area contributed by atoms with Gasteiger partial charge in [-0.25, -0.2) is 4.39 Å². The molecule has 1 aliphatic rings. The van der Waals surface area contributed by atoms with Gasteiger partial charge in [0.1, 0.15) is 17.9 Å². The number of halogens is 5. The van der Waals surface area contributed by atoms with Crippen LogP contribution >= 0.6 is 11.6 Å². The van der Waals surface area contributed by atoms with Crippen molar-refractivity contribution in [2.24, 2.45) is 0 Å². The molecule has 1 unspecified atom stereocenters. The summed E-state index contributed by atoms with van der Waals surface area (Å²) in [6.07, 6.45) is -4.07. The summed E-state index contributed by atoms with van der Waals surface area (Å²) in [4.78, 5) is 13.2. The van der Waals surface area contributed by atoms with Gasteiger partial charge in [0, 0.05) is 18.7 Å². The average Bonchev–Trinajstić information content (AvgIpc) is 2.89. The highest BCUT2D eigenvalue weighted by atomic mass is 35.5. The lowest BCUT2D eigenvalue weighted by Crippen LogP contribution is -2.23. The first-order valence-electron chi connectivity index (χ1n) is 7.29. The third-order valence-electron chi connectivity index (χ3n) is 3.96. The van der Waals surface area contributed by atoms with Crippen molar-refractivity contribution in [2.75, 3.05) is 0 Å². The van der Waals surface area contributed by atoms with Crippen LogP contribution in [0.25, 0.3) is 0 Å². The highest BCUT2D eigenvalue weighted by Crippen LogP contribution is 2.39. The molecule has 25 heavy (non-hydrogen) atoms. The summed E-state index contributed by atoms with van der Waals surface area (Å²) >= 11 is 5.98. The van der Waals surface area contributed by atoms with Crippen LogP contribution in [0.2, 0.25) is 5.02 Å². The van der Waals surface area contributed by atoms with E-state index in [-0.39, 0.29) is 10.8 Å². The van der Waals surface area contributed by atoms with Gasteiger partial charge >= 0.3 is 6.36 Å². The van der Waals surface area contributed by atoms with Gasteiger partial charge in [0.05, 0.1) is 11.1 Å². The first-order chi connectivity index (χ1) is 11.8. The normalized spacial score (nSPS) is 17.4. The molecule has 0 N–H and O–H groups in total. The molecule has 0 fully saturated rings. The quantitative estimate of drug-likeness (QED) is 0.578. The molecule has 8 heteroatoms. The van der Waals surface area contributed by atoms with Crippen LogP contribution in [0, 0.1) is 5.82 Å². The van der Waals surface area contributed by atoms with E-state index in [0.29, 0.717) is 30.5 Å². The average molecular weight is 374 g/mol. The molecule has 2 aromatic carbocycles. The minimum absolute atomic E-state index is 0.0778. The van der Waals surface area contributed by atoms with E-state index in [1.807, 2.05) is 0 Å². The van der Waals surface area contributed by atoms with Gasteiger partial charge in [-0.1, -0.05) is 29.8 Å². The smallest absolute Gasteiger partial charge is 0.406 e. The fourth-order valence-electron chi connectivity index (χ4n) is 2.90. The molecule has 3 nitrogen and oxygen atoms in total. The van der Waals surface area contributed by atoms with Crippen molar-refractivity contribution in [2.45, 2.75) is 25.5 Å². The van der Waals surface area contributed by atoms with Crippen LogP contribution in [0.15, 0.2) is 36.4 Å². The third kappa shape index (κ3) is 3.77. The first kappa shape index (κ1) is 17.7. The Bertz CT molecular complexity index is 792. The largest absolute Gasteiger partial charge is 0.573 e. The van der Waals surface area contributed by atoms with Crippen LogP contribution in [-0.2, 0) is 17.9 Å². The van der Waals surface area contributed by atoms with Gasteiger partial charge < -0.3 is 9.53 Å². The second kappa shape index (κ2) is 6.65. The Labute approximate surface area is 145 Å². The maximum absolute atomic E-state index is 13.6. The van der Waals surface area contributed by atoms with Crippen molar-refractivity contribution in [3.05, 3.63) is 63.9 Å². The highest BCUT2D eigenvalue weighted by molar-refractivity contribution is 6.31. The Morgan fingerprint density at radius 3 is 2.48 bits per heavy atom. The zero-order valence-corrected chi connectivity index (χ0v) is 13.4. The van der Waals surface area contributed by atoms with E-state index in [2.05, 4.69) is 4.74 Å². The number of benzene rings is 2. The minimum atomic E-state index is -4.75. The number of hydrogen-bond donors (Lipinski definition) is 0. The van der Waals surface area contributed by atoms with Gasteiger partial charge in [-0.2, -0.15) is 0 Å². The Morgan fingerprint density at radius 1 is 1.20 bits per heavy atom. The van der Waals surface area contributed by atoms with E-state index in [1.54, 1.807) is 11.0 Å². The van der Waals surface area contributed by atoms with Gasteiger partial charge in [0.15, 0.2) is 0 Å². The number of carbonyl (C=O) groups is 1. The predicted octanol–water partition coefficient (Wildman–Crippen LogP) is 4.63. The van der Waals surface area contributed by atoms with E-state index in [4.69, 9.17) is 11.6 Å². The van der Waals surface area contributed by atoms with E-state index in [9.17, 15) is 22.4 Å². The Balaban J connectivity index is 1.78. The number of carbonyl (C=O) groups excluding carboxylic acids is 1. The number of aldehydes is 1. The Morgan fingerprint density at radius 2 is 1.88 bits per heavy atom. The van der Waals surface area contributed by atoms with Crippen LogP contribution in [0.5, 0.6) is 5.75 Å². The molecule has 0 saturated heterocycles. The molecule has 132 valence electrons. The summed E-state index contributed by atoms with van der Waals surface area (Å²) in [6, 6.07) is 7.48. The van der Waals surface area contributed by atoms with E-state index >= 15 is 0 Å². The maximum Gasteiger partial charge on any atom is 0.573 e. The van der Waals surface area contributed by atoms with Gasteiger partial charge in [-0.3, -0.25) is 4.90 Å². The number of fused-ring (bicyclic) bond motifs is 1. The molecule has 0 saturated carbocycles. The lowest BCUT2D eigenvalue weighted by molar-refractivity contribution is -0.274. The molecule has 1 heterocycles. The molecule has 2 aromatic rings. The Kier molecular flexibility index (Phi) is 4.71. The van der Waals surface area contributed by atoms with Gasteiger partial charge in [-0.15, -0.1) is 13.2 Å². The summed E-state index contributed by atoms with van der Waals surface area (Å²) in [5.41, 5.74) is 1.87. The SMILES string of the molecule is O=CC1c2c(ccc(F)c2Cl)CN1Cc1ccc(OC(F)(F)F)cc1. The maximum atomic E-state index is 13.6. The fraction of sp³-hybridized carbons (Fsp3) is 0.235. The van der Waals surface area contributed by atoms with Crippen molar-refractivity contribution in [3.8, 4) is 5.75 Å². The number of ether oxygens (including phenoxy) is 1. The molecule has 1 atom stereocenters. The molecule has 0 spiro atoms. The second-order valence-corrected chi connectivity index (χ2v) is 5.99. The standard InChI is InChI=1S/C17H12ClF4NO2/c18-16-13(19)6-3-11-8-23(14(9-24)15(11)16)7-10-1-4-12(5-2-10)25-17(20,21)22/h1-6,9,14H,7-8H2. The lowest BCUT2D eigenvalue weighted by atomic mass is 10.1. The van der Waals surface area contributed by atoms with Gasteiger partial charge in [0.25, 0.3) is 0 Å². The van der Waals surface area contributed by atoms with Crippen LogP contribution in [0.4, 0.5) is 17.6 Å². The van der Waals surface area contributed by atoms with Crippen LogP contribution in [0.3, 0.4) is 0 Å². The molecule has 0 amide bonds. The first-order valence-corrected chi connectivity index (χ1v) is 7.67. The van der Waals surface area contributed by atoms with Crippen LogP contribution in [-0.4, -0.2) is 17.5 Å². The summed E-state index contributed by atoms with van der Waals surface area (Å²) in [7, 11) is 0. The highest BCUT2D eigenvalue weighted by Gasteiger charge is 2.33. The molecular formula is C17H12ClF4NO2. The molecule has 1 aliphatic heterocycles. The molecular weight excluding hydrogens is 362 g/mol. The lowest BCUT2D eigenvalue weighted by Gasteiger charge is -2.21. The fourth-order valence-corrected chi connectivity index (χ4v) is 3.20. The molecule has 0 aromatic heterocycles. The van der Waals surface area contributed by atoms with E-state index in [1.165, 1.54) is 30.3 Å². The number of hydrogen-bond acceptors (Lipinski definition) is 3. The monoisotopic (exact) mass is 373 g/mol. The van der Waals surface area contributed by atoms with Crippen molar-refractivity contribution in [3.63, 3.8) is 0 Å². The minimum Gasteiger partial charge on any atom is -0.406 e. The number of rotatable bonds is 4. The summed E-state index contributed by atoms with van der Waals surface area (Å²) in [5, 5.41) is -0.0778. The second-order valence-electron chi connectivity index (χ2n) is 5.61. The molecule has 0 radical (unpaired) electrons. The summed E-state index contributed by atoms with van der Waals surface area (Å²) in [5.74, 6) is -0.916.